The molecule has 0 bridgehead atoms. The minimum atomic E-state index is -0.800. The van der Waals surface area contributed by atoms with E-state index in [-0.39, 0.29) is 31.6 Å². The molecule has 0 fully saturated rings. The zero-order valence-corrected chi connectivity index (χ0v) is 36.4. The SMILES string of the molecule is CC/C=C\C/C=C\C/C=C\CC(=O)OCC(COC(=O)CCCCCCCCCCCCCCCC)OC(=O)CCCCCCCCCCCCCCCC. The van der Waals surface area contributed by atoms with Gasteiger partial charge in [0.2, 0.25) is 0 Å². The summed E-state index contributed by atoms with van der Waals surface area (Å²) in [5, 5.41) is 0. The Hall–Kier alpha value is -2.37. The van der Waals surface area contributed by atoms with Gasteiger partial charge in [0.1, 0.15) is 13.2 Å². The lowest BCUT2D eigenvalue weighted by Crippen LogP contribution is -2.30. The molecular formula is C49H88O6. The van der Waals surface area contributed by atoms with E-state index < -0.39 is 12.1 Å². The Morgan fingerprint density at radius 3 is 1.11 bits per heavy atom. The van der Waals surface area contributed by atoms with Crippen molar-refractivity contribution >= 4 is 17.9 Å². The monoisotopic (exact) mass is 773 g/mol. The van der Waals surface area contributed by atoms with Gasteiger partial charge in [-0.3, -0.25) is 14.4 Å². The van der Waals surface area contributed by atoms with Gasteiger partial charge in [-0.25, -0.2) is 0 Å². The number of hydrogen-bond acceptors (Lipinski definition) is 6. The maximum Gasteiger partial charge on any atom is 0.309 e. The van der Waals surface area contributed by atoms with Gasteiger partial charge in [0, 0.05) is 12.8 Å². The fraction of sp³-hybridized carbons (Fsp3) is 0.816. The van der Waals surface area contributed by atoms with Crippen molar-refractivity contribution in [2.75, 3.05) is 13.2 Å². The van der Waals surface area contributed by atoms with Crippen LogP contribution in [0.2, 0.25) is 0 Å². The summed E-state index contributed by atoms with van der Waals surface area (Å²) in [6, 6.07) is 0. The molecule has 0 spiro atoms. The highest BCUT2D eigenvalue weighted by Gasteiger charge is 2.19. The molecule has 0 heterocycles. The van der Waals surface area contributed by atoms with E-state index in [1.54, 1.807) is 6.08 Å². The topological polar surface area (TPSA) is 78.9 Å². The third kappa shape index (κ3) is 42.6. The summed E-state index contributed by atoms with van der Waals surface area (Å²) in [5.74, 6) is -1.02. The summed E-state index contributed by atoms with van der Waals surface area (Å²) >= 11 is 0. The second kappa shape index (κ2) is 44.3. The fourth-order valence-electron chi connectivity index (χ4n) is 6.68. The van der Waals surface area contributed by atoms with Gasteiger partial charge in [-0.15, -0.1) is 0 Å². The lowest BCUT2D eigenvalue weighted by atomic mass is 10.0. The lowest BCUT2D eigenvalue weighted by molar-refractivity contribution is -0.166. The van der Waals surface area contributed by atoms with Crippen LogP contribution in [-0.2, 0) is 28.6 Å². The van der Waals surface area contributed by atoms with E-state index in [1.807, 2.05) is 6.08 Å². The van der Waals surface area contributed by atoms with Crippen molar-refractivity contribution < 1.29 is 28.6 Å². The molecule has 6 heteroatoms. The molecule has 1 unspecified atom stereocenters. The zero-order chi connectivity index (χ0) is 40.1. The molecular weight excluding hydrogens is 685 g/mol. The molecule has 0 aliphatic rings. The summed E-state index contributed by atoms with van der Waals surface area (Å²) in [6.07, 6.45) is 50.2. The molecule has 0 saturated carbocycles. The number of ether oxygens (including phenoxy) is 3. The number of carbonyl (C=O) groups is 3. The number of unbranched alkanes of at least 4 members (excludes halogenated alkanes) is 26. The van der Waals surface area contributed by atoms with Crippen molar-refractivity contribution in [1.82, 2.24) is 0 Å². The molecule has 0 aromatic rings. The first kappa shape index (κ1) is 52.6. The Balaban J connectivity index is 4.37. The van der Waals surface area contributed by atoms with Gasteiger partial charge in [0.15, 0.2) is 6.10 Å². The van der Waals surface area contributed by atoms with E-state index in [1.165, 1.54) is 141 Å². The minimum Gasteiger partial charge on any atom is -0.462 e. The molecule has 0 aliphatic carbocycles. The van der Waals surface area contributed by atoms with Crippen LogP contribution in [-0.4, -0.2) is 37.2 Å². The summed E-state index contributed by atoms with van der Waals surface area (Å²) in [4.78, 5) is 37.6. The highest BCUT2D eigenvalue weighted by Crippen LogP contribution is 2.16. The second-order valence-electron chi connectivity index (χ2n) is 15.7. The van der Waals surface area contributed by atoms with Crippen molar-refractivity contribution in [1.29, 1.82) is 0 Å². The van der Waals surface area contributed by atoms with Gasteiger partial charge in [0.05, 0.1) is 6.42 Å². The van der Waals surface area contributed by atoms with E-state index in [0.29, 0.717) is 12.8 Å². The van der Waals surface area contributed by atoms with E-state index >= 15 is 0 Å². The maximum absolute atomic E-state index is 12.7. The maximum atomic E-state index is 12.7. The Morgan fingerprint density at radius 1 is 0.382 bits per heavy atom. The summed E-state index contributed by atoms with van der Waals surface area (Å²) < 4.78 is 16.6. The van der Waals surface area contributed by atoms with E-state index in [2.05, 4.69) is 45.1 Å². The summed E-state index contributed by atoms with van der Waals surface area (Å²) in [6.45, 7) is 6.43. The summed E-state index contributed by atoms with van der Waals surface area (Å²) in [7, 11) is 0. The standard InChI is InChI=1S/C49H88O6/c1-4-7-10-13-16-19-21-23-25-27-30-33-36-39-42-48(51)54-45-46(44-53-47(50)41-38-35-32-29-18-15-12-9-6-3)55-49(52)43-40-37-34-31-28-26-24-22-20-17-14-11-8-5-2/h9,12,18,29,35,38,46H,4-8,10-11,13-17,19-28,30-34,36-37,39-45H2,1-3H3/b12-9-,29-18-,38-35-. The van der Waals surface area contributed by atoms with Crippen LogP contribution in [0, 0.1) is 0 Å². The van der Waals surface area contributed by atoms with Crippen LogP contribution in [0.4, 0.5) is 0 Å². The molecule has 0 aliphatic heterocycles. The Bertz CT molecular complexity index is 938. The Labute approximate surface area is 340 Å². The van der Waals surface area contributed by atoms with E-state index in [0.717, 1.165) is 57.8 Å². The molecule has 55 heavy (non-hydrogen) atoms. The normalized spacial score (nSPS) is 12.3. The molecule has 0 amide bonds. The molecule has 0 radical (unpaired) electrons. The van der Waals surface area contributed by atoms with Gasteiger partial charge >= 0.3 is 17.9 Å². The molecule has 0 saturated heterocycles. The molecule has 320 valence electrons. The Kier molecular flexibility index (Phi) is 42.4. The fourth-order valence-corrected chi connectivity index (χ4v) is 6.68. The van der Waals surface area contributed by atoms with Crippen LogP contribution in [0.1, 0.15) is 239 Å². The zero-order valence-electron chi connectivity index (χ0n) is 36.4. The van der Waals surface area contributed by atoms with Gasteiger partial charge in [-0.1, -0.05) is 224 Å². The Morgan fingerprint density at radius 2 is 0.709 bits per heavy atom. The predicted octanol–water partition coefficient (Wildman–Crippen LogP) is 15.0. The van der Waals surface area contributed by atoms with Gasteiger partial charge in [-0.05, 0) is 32.1 Å². The predicted molar refractivity (Wildman–Crippen MR) is 233 cm³/mol. The van der Waals surface area contributed by atoms with Gasteiger partial charge in [-0.2, -0.15) is 0 Å². The molecule has 0 N–H and O–H groups in total. The average molecular weight is 773 g/mol. The highest BCUT2D eigenvalue weighted by atomic mass is 16.6. The van der Waals surface area contributed by atoms with Crippen LogP contribution >= 0.6 is 0 Å². The quantitative estimate of drug-likeness (QED) is 0.0266. The molecule has 0 aromatic carbocycles. The number of carbonyl (C=O) groups excluding carboxylic acids is 3. The molecule has 1 atom stereocenters. The third-order valence-electron chi connectivity index (χ3n) is 10.2. The van der Waals surface area contributed by atoms with Crippen molar-refractivity contribution in [3.05, 3.63) is 36.5 Å². The average Bonchev–Trinajstić information content (AvgIpc) is 3.18. The molecule has 0 rings (SSSR count). The first-order valence-corrected chi connectivity index (χ1v) is 23.5. The van der Waals surface area contributed by atoms with Crippen molar-refractivity contribution in [2.45, 2.75) is 245 Å². The summed E-state index contributed by atoms with van der Waals surface area (Å²) in [5.41, 5.74) is 0. The third-order valence-corrected chi connectivity index (χ3v) is 10.2. The van der Waals surface area contributed by atoms with Crippen LogP contribution < -0.4 is 0 Å². The van der Waals surface area contributed by atoms with Crippen LogP contribution in [0.15, 0.2) is 36.5 Å². The number of esters is 3. The van der Waals surface area contributed by atoms with Crippen LogP contribution in [0.5, 0.6) is 0 Å². The first-order chi connectivity index (χ1) is 27.0. The van der Waals surface area contributed by atoms with Crippen LogP contribution in [0.25, 0.3) is 0 Å². The highest BCUT2D eigenvalue weighted by molar-refractivity contribution is 5.72. The van der Waals surface area contributed by atoms with Gasteiger partial charge in [0.25, 0.3) is 0 Å². The van der Waals surface area contributed by atoms with Crippen molar-refractivity contribution in [3.8, 4) is 0 Å². The smallest absolute Gasteiger partial charge is 0.309 e. The number of hydrogen-bond donors (Lipinski definition) is 0. The second-order valence-corrected chi connectivity index (χ2v) is 15.7. The lowest BCUT2D eigenvalue weighted by Gasteiger charge is -2.18. The largest absolute Gasteiger partial charge is 0.462 e. The van der Waals surface area contributed by atoms with Crippen molar-refractivity contribution in [2.24, 2.45) is 0 Å². The minimum absolute atomic E-state index is 0.0949. The van der Waals surface area contributed by atoms with Gasteiger partial charge < -0.3 is 14.2 Å². The number of rotatable bonds is 42. The van der Waals surface area contributed by atoms with Crippen molar-refractivity contribution in [3.63, 3.8) is 0 Å². The van der Waals surface area contributed by atoms with Crippen LogP contribution in [0.3, 0.4) is 0 Å². The number of allylic oxidation sites excluding steroid dienone is 5. The molecule has 6 nitrogen and oxygen atoms in total. The molecule has 0 aromatic heterocycles. The van der Waals surface area contributed by atoms with E-state index in [4.69, 9.17) is 14.2 Å². The van der Waals surface area contributed by atoms with E-state index in [9.17, 15) is 14.4 Å². The first-order valence-electron chi connectivity index (χ1n) is 23.5.